The maximum Gasteiger partial charge on any atom is 0.192 e. The van der Waals surface area contributed by atoms with E-state index in [0.717, 1.165) is 41.8 Å². The topological polar surface area (TPSA) is 68.7 Å². The number of ether oxygens (including phenoxy) is 2. The number of nitrogens with zero attached hydrogens (tertiary/aromatic N) is 2. The summed E-state index contributed by atoms with van der Waals surface area (Å²) in [6.07, 6.45) is 2.77. The van der Waals surface area contributed by atoms with Crippen LogP contribution in [0.25, 0.3) is 11.1 Å². The number of rotatable bonds is 8. The lowest BCUT2D eigenvalue weighted by atomic mass is 10.1. The van der Waals surface area contributed by atoms with Crippen molar-refractivity contribution in [2.45, 2.75) is 17.7 Å². The van der Waals surface area contributed by atoms with Gasteiger partial charge in [-0.2, -0.15) is 0 Å². The molecule has 0 radical (unpaired) electrons. The van der Waals surface area contributed by atoms with Crippen molar-refractivity contribution in [3.05, 3.63) is 103 Å². The zero-order chi connectivity index (χ0) is 25.1. The van der Waals surface area contributed by atoms with Gasteiger partial charge in [-0.05, 0) is 59.7 Å². The molecule has 1 aliphatic rings. The highest BCUT2D eigenvalue weighted by Crippen LogP contribution is 2.28. The standard InChI is InChI=1S/C28H25FN2O4S/c1-36(32,33)28-14-10-22(16-30-28)21-8-11-24(12-9-21)34-25-18-31(19-25)17-20-7-13-26(29)27(15-20)35-23-5-3-2-4-6-23/h2-16,25H,17-19H2,1H3. The van der Waals surface area contributed by atoms with Gasteiger partial charge in [-0.3, -0.25) is 4.90 Å². The number of hydrogen-bond donors (Lipinski definition) is 0. The summed E-state index contributed by atoms with van der Waals surface area (Å²) in [5, 5.41) is 0.0568. The highest BCUT2D eigenvalue weighted by atomic mass is 32.2. The van der Waals surface area contributed by atoms with Crippen LogP contribution in [0.3, 0.4) is 0 Å². The average Bonchev–Trinajstić information content (AvgIpc) is 2.85. The highest BCUT2D eigenvalue weighted by Gasteiger charge is 2.28. The number of likely N-dealkylation sites (tertiary alicyclic amines) is 1. The molecule has 0 unspecified atom stereocenters. The third kappa shape index (κ3) is 5.72. The first-order valence-electron chi connectivity index (χ1n) is 11.5. The van der Waals surface area contributed by atoms with Crippen molar-refractivity contribution in [2.24, 2.45) is 0 Å². The first-order valence-corrected chi connectivity index (χ1v) is 13.4. The summed E-state index contributed by atoms with van der Waals surface area (Å²) in [4.78, 5) is 6.27. The van der Waals surface area contributed by atoms with Crippen LogP contribution >= 0.6 is 0 Å². The van der Waals surface area contributed by atoms with Crippen LogP contribution in [0.2, 0.25) is 0 Å². The van der Waals surface area contributed by atoms with Crippen molar-refractivity contribution >= 4 is 9.84 Å². The van der Waals surface area contributed by atoms with E-state index in [1.807, 2.05) is 42.5 Å². The smallest absolute Gasteiger partial charge is 0.192 e. The number of hydrogen-bond acceptors (Lipinski definition) is 6. The molecule has 0 N–H and O–H groups in total. The van der Waals surface area contributed by atoms with Crippen molar-refractivity contribution in [1.29, 1.82) is 0 Å². The molecule has 1 fully saturated rings. The number of sulfone groups is 1. The number of pyridine rings is 1. The van der Waals surface area contributed by atoms with Gasteiger partial charge in [-0.25, -0.2) is 17.8 Å². The van der Waals surface area contributed by atoms with Gasteiger partial charge >= 0.3 is 0 Å². The van der Waals surface area contributed by atoms with Gasteiger partial charge in [0, 0.05) is 37.7 Å². The molecule has 4 aromatic rings. The monoisotopic (exact) mass is 504 g/mol. The molecule has 36 heavy (non-hydrogen) atoms. The summed E-state index contributed by atoms with van der Waals surface area (Å²) in [5.41, 5.74) is 2.73. The molecule has 1 aliphatic heterocycles. The minimum absolute atomic E-state index is 0.0568. The molecule has 0 spiro atoms. The molecule has 3 aromatic carbocycles. The van der Waals surface area contributed by atoms with Crippen LogP contribution in [0, 0.1) is 5.82 Å². The van der Waals surface area contributed by atoms with Crippen molar-refractivity contribution in [2.75, 3.05) is 19.3 Å². The molecular formula is C28H25FN2O4S. The van der Waals surface area contributed by atoms with Gasteiger partial charge < -0.3 is 9.47 Å². The van der Waals surface area contributed by atoms with Crippen molar-refractivity contribution in [1.82, 2.24) is 9.88 Å². The van der Waals surface area contributed by atoms with E-state index in [-0.39, 0.29) is 16.9 Å². The number of benzene rings is 3. The first kappa shape index (κ1) is 24.0. The minimum Gasteiger partial charge on any atom is -0.488 e. The third-order valence-electron chi connectivity index (χ3n) is 5.90. The van der Waals surface area contributed by atoms with E-state index in [0.29, 0.717) is 12.3 Å². The molecule has 0 bridgehead atoms. The van der Waals surface area contributed by atoms with Gasteiger partial charge in [0.25, 0.3) is 0 Å². The SMILES string of the molecule is CS(=O)(=O)c1ccc(-c2ccc(OC3CN(Cc4ccc(F)c(Oc5ccccc5)c4)C3)cc2)cn1. The Morgan fingerprint density at radius 1 is 0.917 bits per heavy atom. The Labute approximate surface area is 209 Å². The van der Waals surface area contributed by atoms with E-state index in [9.17, 15) is 12.8 Å². The van der Waals surface area contributed by atoms with Gasteiger partial charge in [-0.15, -0.1) is 0 Å². The van der Waals surface area contributed by atoms with Crippen molar-refractivity contribution in [3.63, 3.8) is 0 Å². The fraction of sp³-hybridized carbons (Fsp3) is 0.179. The number of aromatic nitrogens is 1. The summed E-state index contributed by atoms with van der Waals surface area (Å²) >= 11 is 0. The summed E-state index contributed by atoms with van der Waals surface area (Å²) in [5.74, 6) is 1.19. The Kier molecular flexibility index (Phi) is 6.71. The second kappa shape index (κ2) is 10.1. The lowest BCUT2D eigenvalue weighted by Crippen LogP contribution is -2.53. The number of para-hydroxylation sites is 1. The van der Waals surface area contributed by atoms with Gasteiger partial charge in [0.2, 0.25) is 0 Å². The lowest BCUT2D eigenvalue weighted by Gasteiger charge is -2.39. The Morgan fingerprint density at radius 3 is 2.31 bits per heavy atom. The Hall–Kier alpha value is -3.75. The Morgan fingerprint density at radius 2 is 1.64 bits per heavy atom. The van der Waals surface area contributed by atoms with E-state index in [2.05, 4.69) is 9.88 Å². The van der Waals surface area contributed by atoms with E-state index in [4.69, 9.17) is 9.47 Å². The van der Waals surface area contributed by atoms with E-state index >= 15 is 0 Å². The van der Waals surface area contributed by atoms with Gasteiger partial charge in [-0.1, -0.05) is 36.4 Å². The molecule has 8 heteroatoms. The van der Waals surface area contributed by atoms with Crippen LogP contribution in [-0.2, 0) is 16.4 Å². The highest BCUT2D eigenvalue weighted by molar-refractivity contribution is 7.90. The second-order valence-corrected chi connectivity index (χ2v) is 10.8. The maximum atomic E-state index is 14.2. The molecule has 0 amide bonds. The van der Waals surface area contributed by atoms with Gasteiger partial charge in [0.15, 0.2) is 26.4 Å². The largest absolute Gasteiger partial charge is 0.488 e. The molecule has 5 rings (SSSR count). The summed E-state index contributed by atoms with van der Waals surface area (Å²) in [7, 11) is -3.32. The fourth-order valence-corrected chi connectivity index (χ4v) is 4.57. The summed E-state index contributed by atoms with van der Waals surface area (Å²) < 4.78 is 49.1. The quantitative estimate of drug-likeness (QED) is 0.322. The van der Waals surface area contributed by atoms with Gasteiger partial charge in [0.05, 0.1) is 0 Å². The Balaban J connectivity index is 1.14. The number of halogens is 1. The van der Waals surface area contributed by atoms with Crippen LogP contribution in [-0.4, -0.2) is 43.8 Å². The van der Waals surface area contributed by atoms with Crippen LogP contribution < -0.4 is 9.47 Å². The maximum absolute atomic E-state index is 14.2. The van der Waals surface area contributed by atoms with E-state index < -0.39 is 15.7 Å². The predicted octanol–water partition coefficient (Wildman–Crippen LogP) is 5.35. The zero-order valence-electron chi connectivity index (χ0n) is 19.7. The average molecular weight is 505 g/mol. The molecule has 0 atom stereocenters. The molecular weight excluding hydrogens is 479 g/mol. The van der Waals surface area contributed by atoms with Crippen LogP contribution in [0.4, 0.5) is 4.39 Å². The zero-order valence-corrected chi connectivity index (χ0v) is 20.5. The van der Waals surface area contributed by atoms with Crippen LogP contribution in [0.1, 0.15) is 5.56 Å². The molecule has 2 heterocycles. The molecule has 6 nitrogen and oxygen atoms in total. The first-order chi connectivity index (χ1) is 17.3. The van der Waals surface area contributed by atoms with Crippen molar-refractivity contribution < 1.29 is 22.3 Å². The van der Waals surface area contributed by atoms with Crippen LogP contribution in [0.15, 0.2) is 96.2 Å². The lowest BCUT2D eigenvalue weighted by molar-refractivity contribution is 0.0145. The molecule has 184 valence electrons. The van der Waals surface area contributed by atoms with Crippen molar-refractivity contribution in [3.8, 4) is 28.4 Å². The fourth-order valence-electron chi connectivity index (χ4n) is 4.01. The van der Waals surface area contributed by atoms with E-state index in [1.165, 1.54) is 12.1 Å². The predicted molar refractivity (Wildman–Crippen MR) is 135 cm³/mol. The van der Waals surface area contributed by atoms with Gasteiger partial charge in [0.1, 0.15) is 17.6 Å². The summed E-state index contributed by atoms with van der Waals surface area (Å²) in [6, 6.07) is 25.0. The molecule has 0 saturated carbocycles. The normalized spacial score (nSPS) is 14.3. The molecule has 0 aliphatic carbocycles. The molecule has 1 saturated heterocycles. The minimum atomic E-state index is -3.32. The second-order valence-electron chi connectivity index (χ2n) is 8.80. The third-order valence-corrected chi connectivity index (χ3v) is 6.90. The Bertz CT molecular complexity index is 1440. The molecule has 1 aromatic heterocycles. The summed E-state index contributed by atoms with van der Waals surface area (Å²) in [6.45, 7) is 2.22. The van der Waals surface area contributed by atoms with E-state index in [1.54, 1.807) is 36.5 Å². The van der Waals surface area contributed by atoms with Crippen LogP contribution in [0.5, 0.6) is 17.2 Å².